The number of hydroxylamine groups is 1. The summed E-state index contributed by atoms with van der Waals surface area (Å²) < 4.78 is 5.38. The van der Waals surface area contributed by atoms with E-state index in [4.69, 9.17) is 9.94 Å². The van der Waals surface area contributed by atoms with Crippen LogP contribution >= 0.6 is 0 Å². The minimum Gasteiger partial charge on any atom is -0.465 e. The van der Waals surface area contributed by atoms with E-state index >= 15 is 0 Å². The van der Waals surface area contributed by atoms with Crippen molar-refractivity contribution < 1.29 is 14.7 Å². The molecule has 1 rings (SSSR count). The van der Waals surface area contributed by atoms with Gasteiger partial charge in [0.15, 0.2) is 0 Å². The zero-order chi connectivity index (χ0) is 17.7. The zero-order valence-electron chi connectivity index (χ0n) is 15.3. The lowest BCUT2D eigenvalue weighted by Crippen LogP contribution is -2.30. The number of carbonyl (C=O) groups is 1. The predicted molar refractivity (Wildman–Crippen MR) is 92.5 cm³/mol. The van der Waals surface area contributed by atoms with Crippen LogP contribution in [0.5, 0.6) is 0 Å². The van der Waals surface area contributed by atoms with E-state index in [1.54, 1.807) is 0 Å². The lowest BCUT2D eigenvalue weighted by atomic mass is 9.86. The fourth-order valence-electron chi connectivity index (χ4n) is 2.20. The highest BCUT2D eigenvalue weighted by Gasteiger charge is 2.24. The first-order valence-corrected chi connectivity index (χ1v) is 8.17. The Morgan fingerprint density at radius 2 is 1.70 bits per heavy atom. The Balaban J connectivity index is 2.67. The molecule has 0 heterocycles. The number of carbonyl (C=O) groups excluding carboxylic acids is 1. The number of benzene rings is 1. The molecule has 0 aromatic heterocycles. The molecule has 0 fully saturated rings. The quantitative estimate of drug-likeness (QED) is 0.619. The van der Waals surface area contributed by atoms with E-state index in [9.17, 15) is 4.79 Å². The second-order valence-electron chi connectivity index (χ2n) is 8.23. The second kappa shape index (κ2) is 7.93. The smallest absolute Gasteiger partial charge is 0.311 e. The summed E-state index contributed by atoms with van der Waals surface area (Å²) in [7, 11) is 0. The molecule has 0 spiro atoms. The molecule has 0 aliphatic carbocycles. The molecule has 4 nitrogen and oxygen atoms in total. The highest BCUT2D eigenvalue weighted by atomic mass is 16.5. The van der Waals surface area contributed by atoms with Crippen LogP contribution in [0, 0.1) is 11.3 Å². The standard InChI is InChI=1S/C19H31NO3/c1-18(2,3)16-9-7-14(8-10-16)11-15(12-20-22)13-23-17(21)19(4,5)6/h7-10,15,20,22H,11-13H2,1-6H3. The highest BCUT2D eigenvalue weighted by molar-refractivity contribution is 5.75. The number of nitrogens with one attached hydrogen (secondary N) is 1. The summed E-state index contributed by atoms with van der Waals surface area (Å²) in [5.41, 5.74) is 4.28. The van der Waals surface area contributed by atoms with E-state index < -0.39 is 5.41 Å². The maximum atomic E-state index is 11.9. The Kier molecular flexibility index (Phi) is 6.78. The van der Waals surface area contributed by atoms with Gasteiger partial charge in [-0.25, -0.2) is 5.48 Å². The van der Waals surface area contributed by atoms with Crippen molar-refractivity contribution >= 4 is 5.97 Å². The van der Waals surface area contributed by atoms with Crippen LogP contribution in [0.4, 0.5) is 0 Å². The van der Waals surface area contributed by atoms with Crippen LogP contribution in [0.25, 0.3) is 0 Å². The molecule has 0 saturated heterocycles. The van der Waals surface area contributed by atoms with Crippen molar-refractivity contribution in [2.45, 2.75) is 53.4 Å². The summed E-state index contributed by atoms with van der Waals surface area (Å²) in [6.07, 6.45) is 0.745. The molecule has 0 saturated carbocycles. The van der Waals surface area contributed by atoms with Gasteiger partial charge in [0.25, 0.3) is 0 Å². The van der Waals surface area contributed by atoms with Gasteiger partial charge in [0.1, 0.15) is 0 Å². The third kappa shape index (κ3) is 6.71. The predicted octanol–water partition coefficient (Wildman–Crippen LogP) is 3.71. The summed E-state index contributed by atoms with van der Waals surface area (Å²) in [5, 5.41) is 9.00. The molecule has 0 aliphatic heterocycles. The van der Waals surface area contributed by atoms with Gasteiger partial charge in [-0.15, -0.1) is 0 Å². The third-order valence-electron chi connectivity index (χ3n) is 3.79. The van der Waals surface area contributed by atoms with Gasteiger partial charge in [0.05, 0.1) is 12.0 Å². The van der Waals surface area contributed by atoms with Crippen molar-refractivity contribution in [3.8, 4) is 0 Å². The topological polar surface area (TPSA) is 58.6 Å². The third-order valence-corrected chi connectivity index (χ3v) is 3.79. The van der Waals surface area contributed by atoms with Crippen LogP contribution in [0.3, 0.4) is 0 Å². The number of ether oxygens (including phenoxy) is 1. The van der Waals surface area contributed by atoms with E-state index in [0.29, 0.717) is 13.2 Å². The highest BCUT2D eigenvalue weighted by Crippen LogP contribution is 2.23. The number of hydrogen-bond donors (Lipinski definition) is 2. The minimum absolute atomic E-state index is 0.0341. The van der Waals surface area contributed by atoms with Gasteiger partial charge < -0.3 is 9.94 Å². The van der Waals surface area contributed by atoms with Crippen molar-refractivity contribution in [1.29, 1.82) is 0 Å². The Hall–Kier alpha value is -1.39. The van der Waals surface area contributed by atoms with Crippen molar-refractivity contribution in [3.63, 3.8) is 0 Å². The summed E-state index contributed by atoms with van der Waals surface area (Å²) >= 11 is 0. The minimum atomic E-state index is -0.508. The fraction of sp³-hybridized carbons (Fsp3) is 0.632. The van der Waals surface area contributed by atoms with Gasteiger partial charge in [0.2, 0.25) is 0 Å². The van der Waals surface area contributed by atoms with Crippen LogP contribution in [0.1, 0.15) is 52.7 Å². The molecule has 1 aromatic rings. The summed E-state index contributed by atoms with van der Waals surface area (Å²) in [4.78, 5) is 11.9. The van der Waals surface area contributed by atoms with Crippen LogP contribution in [0.15, 0.2) is 24.3 Å². The monoisotopic (exact) mass is 321 g/mol. The SMILES string of the molecule is CC(C)(C)C(=O)OCC(CNO)Cc1ccc(C(C)(C)C)cc1. The summed E-state index contributed by atoms with van der Waals surface area (Å²) in [6.45, 7) is 12.7. The van der Waals surface area contributed by atoms with Gasteiger partial charge in [0, 0.05) is 12.5 Å². The number of hydrogen-bond acceptors (Lipinski definition) is 4. The van der Waals surface area contributed by atoms with Crippen LogP contribution in [0.2, 0.25) is 0 Å². The Labute approximate surface area is 140 Å². The molecular weight excluding hydrogens is 290 g/mol. The second-order valence-corrected chi connectivity index (χ2v) is 8.23. The van der Waals surface area contributed by atoms with Crippen molar-refractivity contribution in [3.05, 3.63) is 35.4 Å². The maximum Gasteiger partial charge on any atom is 0.311 e. The van der Waals surface area contributed by atoms with Crippen molar-refractivity contribution in [1.82, 2.24) is 5.48 Å². The van der Waals surface area contributed by atoms with Crippen LogP contribution in [-0.4, -0.2) is 24.3 Å². The molecule has 0 bridgehead atoms. The summed E-state index contributed by atoms with van der Waals surface area (Å²) in [5.74, 6) is -0.185. The Morgan fingerprint density at radius 3 is 2.13 bits per heavy atom. The average molecular weight is 321 g/mol. The first-order chi connectivity index (χ1) is 10.5. The largest absolute Gasteiger partial charge is 0.465 e. The van der Waals surface area contributed by atoms with Crippen LogP contribution < -0.4 is 5.48 Å². The van der Waals surface area contributed by atoms with Gasteiger partial charge in [-0.3, -0.25) is 4.79 Å². The normalized spacial score (nSPS) is 13.7. The van der Waals surface area contributed by atoms with E-state index in [0.717, 1.165) is 6.42 Å². The fourth-order valence-corrected chi connectivity index (χ4v) is 2.20. The lowest BCUT2D eigenvalue weighted by Gasteiger charge is -2.22. The Morgan fingerprint density at radius 1 is 1.13 bits per heavy atom. The molecule has 1 unspecified atom stereocenters. The number of rotatable bonds is 6. The lowest BCUT2D eigenvalue weighted by molar-refractivity contribution is -0.154. The van der Waals surface area contributed by atoms with E-state index in [-0.39, 0.29) is 17.3 Å². The van der Waals surface area contributed by atoms with Gasteiger partial charge in [-0.1, -0.05) is 45.0 Å². The first-order valence-electron chi connectivity index (χ1n) is 8.17. The molecule has 2 N–H and O–H groups in total. The van der Waals surface area contributed by atoms with Gasteiger partial charge in [-0.05, 0) is 43.7 Å². The molecule has 4 heteroatoms. The maximum absolute atomic E-state index is 11.9. The van der Waals surface area contributed by atoms with E-state index in [1.165, 1.54) is 11.1 Å². The van der Waals surface area contributed by atoms with E-state index in [1.807, 2.05) is 20.8 Å². The van der Waals surface area contributed by atoms with Gasteiger partial charge >= 0.3 is 5.97 Å². The number of esters is 1. The molecule has 1 atom stereocenters. The molecule has 0 radical (unpaired) electrons. The van der Waals surface area contributed by atoms with Crippen molar-refractivity contribution in [2.75, 3.05) is 13.2 Å². The van der Waals surface area contributed by atoms with Crippen molar-refractivity contribution in [2.24, 2.45) is 11.3 Å². The van der Waals surface area contributed by atoms with Gasteiger partial charge in [-0.2, -0.15) is 0 Å². The molecular formula is C19H31NO3. The first kappa shape index (κ1) is 19.7. The zero-order valence-corrected chi connectivity index (χ0v) is 15.3. The molecule has 1 aromatic carbocycles. The molecule has 0 aliphatic rings. The van der Waals surface area contributed by atoms with Crippen LogP contribution in [-0.2, 0) is 21.4 Å². The van der Waals surface area contributed by atoms with E-state index in [2.05, 4.69) is 50.5 Å². The molecule has 0 amide bonds. The Bertz CT molecular complexity index is 495. The summed E-state index contributed by atoms with van der Waals surface area (Å²) in [6, 6.07) is 8.49. The molecule has 23 heavy (non-hydrogen) atoms. The molecule has 130 valence electrons. The average Bonchev–Trinajstić information content (AvgIpc) is 2.43.